The fraction of sp³-hybridized carbons (Fsp3) is 0.455. The van der Waals surface area contributed by atoms with Gasteiger partial charge in [-0.3, -0.25) is 0 Å². The van der Waals surface area contributed by atoms with Gasteiger partial charge < -0.3 is 10.8 Å². The Kier molecular flexibility index (Phi) is 2.52. The number of nitrogens with two attached hydrogens (primary N) is 1. The number of halogens is 1. The molecule has 0 saturated heterocycles. The van der Waals surface area contributed by atoms with Crippen molar-refractivity contribution in [3.05, 3.63) is 34.9 Å². The highest BCUT2D eigenvalue weighted by Gasteiger charge is 2.53. The van der Waals surface area contributed by atoms with Gasteiger partial charge >= 0.3 is 0 Å². The van der Waals surface area contributed by atoms with E-state index in [0.717, 1.165) is 11.4 Å². The van der Waals surface area contributed by atoms with Crippen molar-refractivity contribution in [1.82, 2.24) is 0 Å². The molecular formula is C11H14ClNO. The first kappa shape index (κ1) is 9.97. The van der Waals surface area contributed by atoms with Gasteiger partial charge in [-0.05, 0) is 30.0 Å². The zero-order chi connectivity index (χ0) is 10.2. The second-order valence-corrected chi connectivity index (χ2v) is 4.39. The molecule has 2 rings (SSSR count). The quantitative estimate of drug-likeness (QED) is 0.797. The van der Waals surface area contributed by atoms with Crippen molar-refractivity contribution >= 4 is 11.6 Å². The predicted molar refractivity (Wildman–Crippen MR) is 57.4 cm³/mol. The zero-order valence-corrected chi connectivity index (χ0v) is 8.67. The Morgan fingerprint density at radius 2 is 2.07 bits per heavy atom. The van der Waals surface area contributed by atoms with Gasteiger partial charge in [0.05, 0.1) is 0 Å². The first-order valence-corrected chi connectivity index (χ1v) is 5.18. The SMILES string of the molecule is NCC1(c2ccc(Cl)cc2)CC1CO. The van der Waals surface area contributed by atoms with Gasteiger partial charge in [-0.25, -0.2) is 0 Å². The molecule has 2 unspecified atom stereocenters. The van der Waals surface area contributed by atoms with Crippen LogP contribution in [0.15, 0.2) is 24.3 Å². The summed E-state index contributed by atoms with van der Waals surface area (Å²) in [5, 5.41) is 9.85. The molecule has 0 spiro atoms. The van der Waals surface area contributed by atoms with Crippen LogP contribution in [0.2, 0.25) is 5.02 Å². The van der Waals surface area contributed by atoms with Crippen LogP contribution in [0.1, 0.15) is 12.0 Å². The van der Waals surface area contributed by atoms with Gasteiger partial charge in [0.25, 0.3) is 0 Å². The number of hydrogen-bond donors (Lipinski definition) is 2. The van der Waals surface area contributed by atoms with Crippen molar-refractivity contribution in [2.75, 3.05) is 13.2 Å². The minimum absolute atomic E-state index is 0.0132. The third-order valence-corrected chi connectivity index (χ3v) is 3.49. The van der Waals surface area contributed by atoms with Crippen LogP contribution in [-0.4, -0.2) is 18.3 Å². The molecule has 0 aliphatic heterocycles. The molecule has 2 atom stereocenters. The molecule has 0 aromatic heterocycles. The molecule has 0 heterocycles. The van der Waals surface area contributed by atoms with Gasteiger partial charge in [0.15, 0.2) is 0 Å². The minimum Gasteiger partial charge on any atom is -0.396 e. The Morgan fingerprint density at radius 3 is 2.50 bits per heavy atom. The lowest BCUT2D eigenvalue weighted by atomic mass is 9.93. The molecule has 14 heavy (non-hydrogen) atoms. The minimum atomic E-state index is 0.0132. The Bertz CT molecular complexity index is 325. The summed E-state index contributed by atoms with van der Waals surface area (Å²) in [6.45, 7) is 0.819. The summed E-state index contributed by atoms with van der Waals surface area (Å²) in [6, 6.07) is 7.76. The van der Waals surface area contributed by atoms with Crippen LogP contribution in [-0.2, 0) is 5.41 Å². The van der Waals surface area contributed by atoms with Crippen LogP contribution >= 0.6 is 11.6 Å². The standard InChI is InChI=1S/C11H14ClNO/c12-10-3-1-8(2-4-10)11(7-13)5-9(11)6-14/h1-4,9,14H,5-7,13H2. The molecular weight excluding hydrogens is 198 g/mol. The predicted octanol–water partition coefficient (Wildman–Crippen LogP) is 1.55. The molecule has 3 N–H and O–H groups in total. The molecule has 1 aliphatic rings. The van der Waals surface area contributed by atoms with E-state index in [4.69, 9.17) is 22.4 Å². The van der Waals surface area contributed by atoms with Crippen LogP contribution in [0.25, 0.3) is 0 Å². The molecule has 76 valence electrons. The van der Waals surface area contributed by atoms with E-state index >= 15 is 0 Å². The van der Waals surface area contributed by atoms with Crippen molar-refractivity contribution in [3.63, 3.8) is 0 Å². The number of hydrogen-bond acceptors (Lipinski definition) is 2. The summed E-state index contributed by atoms with van der Waals surface area (Å²) < 4.78 is 0. The number of rotatable bonds is 3. The summed E-state index contributed by atoms with van der Waals surface area (Å²) in [7, 11) is 0. The van der Waals surface area contributed by atoms with E-state index in [9.17, 15) is 0 Å². The van der Waals surface area contributed by atoms with E-state index in [1.165, 1.54) is 5.56 Å². The largest absolute Gasteiger partial charge is 0.396 e. The van der Waals surface area contributed by atoms with Crippen molar-refractivity contribution in [2.45, 2.75) is 11.8 Å². The molecule has 1 fully saturated rings. The Labute approximate surface area is 88.7 Å². The number of aliphatic hydroxyl groups is 1. The maximum atomic E-state index is 9.11. The highest BCUT2D eigenvalue weighted by molar-refractivity contribution is 6.30. The van der Waals surface area contributed by atoms with Gasteiger partial charge in [-0.2, -0.15) is 0 Å². The van der Waals surface area contributed by atoms with E-state index < -0.39 is 0 Å². The maximum Gasteiger partial charge on any atom is 0.0468 e. The van der Waals surface area contributed by atoms with E-state index in [-0.39, 0.29) is 12.0 Å². The molecule has 2 nitrogen and oxygen atoms in total. The van der Waals surface area contributed by atoms with Crippen LogP contribution in [0.5, 0.6) is 0 Å². The Hall–Kier alpha value is -0.570. The Balaban J connectivity index is 2.26. The second kappa shape index (κ2) is 3.54. The Morgan fingerprint density at radius 1 is 1.43 bits per heavy atom. The van der Waals surface area contributed by atoms with E-state index in [0.29, 0.717) is 12.5 Å². The highest BCUT2D eigenvalue weighted by Crippen LogP contribution is 2.53. The fourth-order valence-corrected chi connectivity index (χ4v) is 2.25. The van der Waals surface area contributed by atoms with Crippen LogP contribution in [0.4, 0.5) is 0 Å². The normalized spacial score (nSPS) is 30.4. The van der Waals surface area contributed by atoms with Crippen molar-refractivity contribution in [1.29, 1.82) is 0 Å². The lowest BCUT2D eigenvalue weighted by Gasteiger charge is -2.14. The molecule has 1 aromatic carbocycles. The first-order chi connectivity index (χ1) is 6.73. The summed E-state index contributed by atoms with van der Waals surface area (Å²) in [4.78, 5) is 0. The molecule has 0 amide bonds. The molecule has 3 heteroatoms. The molecule has 1 aliphatic carbocycles. The smallest absolute Gasteiger partial charge is 0.0468 e. The average Bonchev–Trinajstić information content (AvgIpc) is 2.94. The zero-order valence-electron chi connectivity index (χ0n) is 7.91. The third kappa shape index (κ3) is 1.44. The summed E-state index contributed by atoms with van der Waals surface area (Å²) in [5.74, 6) is 0.327. The average molecular weight is 212 g/mol. The van der Waals surface area contributed by atoms with E-state index in [1.807, 2.05) is 24.3 Å². The second-order valence-electron chi connectivity index (χ2n) is 3.95. The fourth-order valence-electron chi connectivity index (χ4n) is 2.12. The summed E-state index contributed by atoms with van der Waals surface area (Å²) >= 11 is 5.81. The lowest BCUT2D eigenvalue weighted by Crippen LogP contribution is -2.23. The molecule has 1 aromatic rings. The van der Waals surface area contributed by atoms with Gasteiger partial charge in [-0.1, -0.05) is 23.7 Å². The third-order valence-electron chi connectivity index (χ3n) is 3.24. The monoisotopic (exact) mass is 211 g/mol. The van der Waals surface area contributed by atoms with Gasteiger partial charge in [0, 0.05) is 23.6 Å². The van der Waals surface area contributed by atoms with Crippen molar-refractivity contribution in [2.24, 2.45) is 11.7 Å². The maximum absolute atomic E-state index is 9.11. The molecule has 1 saturated carbocycles. The van der Waals surface area contributed by atoms with Crippen LogP contribution < -0.4 is 5.73 Å². The van der Waals surface area contributed by atoms with Gasteiger partial charge in [-0.15, -0.1) is 0 Å². The topological polar surface area (TPSA) is 46.2 Å². The van der Waals surface area contributed by atoms with Gasteiger partial charge in [0.1, 0.15) is 0 Å². The van der Waals surface area contributed by atoms with E-state index in [2.05, 4.69) is 0 Å². The molecule has 0 radical (unpaired) electrons. The highest BCUT2D eigenvalue weighted by atomic mass is 35.5. The lowest BCUT2D eigenvalue weighted by molar-refractivity contribution is 0.264. The van der Waals surface area contributed by atoms with Crippen LogP contribution in [0, 0.1) is 5.92 Å². The number of aliphatic hydroxyl groups excluding tert-OH is 1. The number of benzene rings is 1. The van der Waals surface area contributed by atoms with Crippen LogP contribution in [0.3, 0.4) is 0 Å². The first-order valence-electron chi connectivity index (χ1n) is 4.80. The van der Waals surface area contributed by atoms with E-state index in [1.54, 1.807) is 0 Å². The van der Waals surface area contributed by atoms with Crippen molar-refractivity contribution < 1.29 is 5.11 Å². The van der Waals surface area contributed by atoms with Crippen molar-refractivity contribution in [3.8, 4) is 0 Å². The van der Waals surface area contributed by atoms with Gasteiger partial charge in [0.2, 0.25) is 0 Å². The molecule has 0 bridgehead atoms. The summed E-state index contributed by atoms with van der Waals surface area (Å²) in [5.41, 5.74) is 6.97. The summed E-state index contributed by atoms with van der Waals surface area (Å²) in [6.07, 6.45) is 0.988.